The number of thioether (sulfide) groups is 1. The van der Waals surface area contributed by atoms with Crippen molar-refractivity contribution in [2.75, 3.05) is 39.4 Å². The molecule has 0 aromatic carbocycles. The molecule has 4 rings (SSSR count). The van der Waals surface area contributed by atoms with E-state index in [1.165, 1.54) is 35.6 Å². The quantitative estimate of drug-likeness (QED) is 0.240. The van der Waals surface area contributed by atoms with E-state index in [0.717, 1.165) is 24.5 Å². The molecule has 9 nitrogen and oxygen atoms in total. The van der Waals surface area contributed by atoms with E-state index in [-0.39, 0.29) is 48.1 Å². The predicted molar refractivity (Wildman–Crippen MR) is 146 cm³/mol. The summed E-state index contributed by atoms with van der Waals surface area (Å²) in [6.07, 6.45) is 9.17. The van der Waals surface area contributed by atoms with E-state index in [1.54, 1.807) is 17.9 Å². The molecule has 6 atom stereocenters. The van der Waals surface area contributed by atoms with Crippen molar-refractivity contribution in [3.05, 3.63) is 48.1 Å². The molecule has 3 saturated heterocycles. The summed E-state index contributed by atoms with van der Waals surface area (Å²) in [4.78, 5) is 45.3. The van der Waals surface area contributed by atoms with Crippen LogP contribution in [0, 0.1) is 11.8 Å². The van der Waals surface area contributed by atoms with Crippen LogP contribution in [-0.2, 0) is 19.1 Å². The molecule has 10 heteroatoms. The number of β-lactam (4-membered cyclic amide) rings is 1. The first kappa shape index (κ1) is 28.4. The molecule has 4 aliphatic heterocycles. The number of carbonyl (C=O) groups excluding carboxylic acids is 3. The van der Waals surface area contributed by atoms with Crippen LogP contribution in [0.3, 0.4) is 0 Å². The molecule has 1 N–H and O–H groups in total. The van der Waals surface area contributed by atoms with E-state index in [2.05, 4.69) is 30.2 Å². The van der Waals surface area contributed by atoms with E-state index < -0.39 is 24.1 Å². The normalized spacial score (nSPS) is 30.0. The van der Waals surface area contributed by atoms with Crippen molar-refractivity contribution in [3.63, 3.8) is 0 Å². The van der Waals surface area contributed by atoms with Crippen LogP contribution in [0.15, 0.2) is 48.1 Å². The van der Waals surface area contributed by atoms with Gasteiger partial charge in [-0.2, -0.15) is 0 Å². The van der Waals surface area contributed by atoms with Gasteiger partial charge < -0.3 is 24.4 Å². The fourth-order valence-electron chi connectivity index (χ4n) is 5.90. The number of rotatable bonds is 11. The second kappa shape index (κ2) is 12.5. The highest BCUT2D eigenvalue weighted by molar-refractivity contribution is 8.03. The average Bonchev–Trinajstić information content (AvgIpc) is 3.60. The van der Waals surface area contributed by atoms with Crippen molar-refractivity contribution in [3.8, 4) is 0 Å². The summed E-state index contributed by atoms with van der Waals surface area (Å²) < 4.78 is 10.7. The van der Waals surface area contributed by atoms with Gasteiger partial charge in [-0.1, -0.05) is 44.4 Å². The Bertz CT molecular complexity index is 1000. The molecular formula is C28H39N3O6S. The van der Waals surface area contributed by atoms with E-state index in [1.807, 2.05) is 6.92 Å². The van der Waals surface area contributed by atoms with E-state index in [4.69, 9.17) is 9.47 Å². The number of amides is 2. The lowest BCUT2D eigenvalue weighted by atomic mass is 9.79. The van der Waals surface area contributed by atoms with Crippen LogP contribution in [0.4, 0.5) is 4.79 Å². The Labute approximate surface area is 229 Å². The lowest BCUT2D eigenvalue weighted by Gasteiger charge is -2.46. The lowest BCUT2D eigenvalue weighted by Crippen LogP contribution is -2.63. The number of aliphatic hydroxyl groups is 1. The second-order valence-corrected chi connectivity index (χ2v) is 11.7. The molecule has 0 unspecified atom stereocenters. The highest BCUT2D eigenvalue weighted by atomic mass is 32.2. The molecule has 3 fully saturated rings. The number of esters is 1. The van der Waals surface area contributed by atoms with E-state index >= 15 is 0 Å². The van der Waals surface area contributed by atoms with Gasteiger partial charge in [-0.05, 0) is 39.3 Å². The van der Waals surface area contributed by atoms with Gasteiger partial charge in [-0.25, -0.2) is 9.59 Å². The van der Waals surface area contributed by atoms with Gasteiger partial charge in [0.2, 0.25) is 5.91 Å². The summed E-state index contributed by atoms with van der Waals surface area (Å²) in [6.45, 7) is 14.5. The molecule has 0 saturated carbocycles. The molecule has 0 aliphatic carbocycles. The topological polar surface area (TPSA) is 99.6 Å². The van der Waals surface area contributed by atoms with E-state index in [0.29, 0.717) is 13.0 Å². The highest BCUT2D eigenvalue weighted by Gasteiger charge is 2.60. The number of likely N-dealkylation sites (tertiary alicyclic amines) is 2. The molecular weight excluding hydrogens is 506 g/mol. The van der Waals surface area contributed by atoms with Gasteiger partial charge in [0.25, 0.3) is 0 Å². The molecule has 0 bridgehead atoms. The molecule has 4 heterocycles. The Morgan fingerprint density at radius 3 is 2.53 bits per heavy atom. The van der Waals surface area contributed by atoms with Crippen LogP contribution in [0.25, 0.3) is 0 Å². The van der Waals surface area contributed by atoms with Crippen molar-refractivity contribution in [2.24, 2.45) is 11.8 Å². The molecule has 0 aromatic heterocycles. The molecule has 0 spiro atoms. The monoisotopic (exact) mass is 545 g/mol. The minimum Gasteiger partial charge on any atom is -0.457 e. The second-order valence-electron chi connectivity index (χ2n) is 10.4. The molecule has 208 valence electrons. The number of nitrogens with zero attached hydrogens (tertiary/aromatic N) is 3. The van der Waals surface area contributed by atoms with Gasteiger partial charge in [0, 0.05) is 29.2 Å². The third-order valence-electron chi connectivity index (χ3n) is 7.71. The fraction of sp³-hybridized carbons (Fsp3) is 0.607. The minimum absolute atomic E-state index is 0.00817. The van der Waals surface area contributed by atoms with Crippen LogP contribution in [-0.4, -0.2) is 101 Å². The third-order valence-corrected chi connectivity index (χ3v) is 9.21. The SMILES string of the molecule is C=CCOC(=O)C1=C(S[C@H]2C[C@@H](/C=C\CN3CCCC3)N(C(=O)OCC=C)C2)[C@H](C)[C@@H]2[C@@H]([C@@H](C)O)C(=O)N12. The molecule has 0 radical (unpaired) electrons. The Balaban J connectivity index is 1.54. The van der Waals surface area contributed by atoms with Gasteiger partial charge in [0.1, 0.15) is 18.9 Å². The predicted octanol–water partition coefficient (Wildman–Crippen LogP) is 2.94. The van der Waals surface area contributed by atoms with Gasteiger partial charge in [0.05, 0.1) is 24.1 Å². The Kier molecular flexibility index (Phi) is 9.38. The van der Waals surface area contributed by atoms with Crippen molar-refractivity contribution >= 4 is 29.7 Å². The zero-order valence-corrected chi connectivity index (χ0v) is 23.1. The Hall–Kier alpha value is -2.56. The smallest absolute Gasteiger partial charge is 0.410 e. The molecule has 38 heavy (non-hydrogen) atoms. The largest absolute Gasteiger partial charge is 0.457 e. The van der Waals surface area contributed by atoms with Crippen molar-refractivity contribution in [1.29, 1.82) is 0 Å². The average molecular weight is 546 g/mol. The fourth-order valence-corrected chi connectivity index (χ4v) is 7.44. The lowest BCUT2D eigenvalue weighted by molar-refractivity contribution is -0.164. The highest BCUT2D eigenvalue weighted by Crippen LogP contribution is 2.52. The number of hydrogen-bond donors (Lipinski definition) is 1. The van der Waals surface area contributed by atoms with Gasteiger partial charge in [-0.3, -0.25) is 9.69 Å². The van der Waals surface area contributed by atoms with Crippen molar-refractivity contribution in [1.82, 2.24) is 14.7 Å². The maximum Gasteiger partial charge on any atom is 0.410 e. The maximum absolute atomic E-state index is 13.1. The summed E-state index contributed by atoms with van der Waals surface area (Å²) in [6, 6.07) is -0.424. The first-order chi connectivity index (χ1) is 18.3. The van der Waals surface area contributed by atoms with Gasteiger partial charge in [-0.15, -0.1) is 11.8 Å². The zero-order valence-electron chi connectivity index (χ0n) is 22.3. The van der Waals surface area contributed by atoms with Crippen LogP contribution < -0.4 is 0 Å². The summed E-state index contributed by atoms with van der Waals surface area (Å²) in [5.41, 5.74) is 0.255. The van der Waals surface area contributed by atoms with Crippen molar-refractivity contribution in [2.45, 2.75) is 56.5 Å². The Morgan fingerprint density at radius 1 is 1.18 bits per heavy atom. The number of hydrogen-bond acceptors (Lipinski definition) is 8. The minimum atomic E-state index is -0.812. The molecule has 2 amide bonds. The summed E-state index contributed by atoms with van der Waals surface area (Å²) in [5, 5.41) is 10.2. The number of aliphatic hydroxyl groups excluding tert-OH is 1. The first-order valence-electron chi connectivity index (χ1n) is 13.4. The van der Waals surface area contributed by atoms with Gasteiger partial charge in [0.15, 0.2) is 0 Å². The van der Waals surface area contributed by atoms with Crippen LogP contribution >= 0.6 is 11.8 Å². The number of fused-ring (bicyclic) bond motifs is 1. The van der Waals surface area contributed by atoms with Crippen molar-refractivity contribution < 1.29 is 29.0 Å². The van der Waals surface area contributed by atoms with Crippen LogP contribution in [0.2, 0.25) is 0 Å². The third kappa shape index (κ3) is 5.72. The summed E-state index contributed by atoms with van der Waals surface area (Å²) in [5.74, 6) is -1.53. The number of carbonyl (C=O) groups is 3. The molecule has 4 aliphatic rings. The maximum atomic E-state index is 13.1. The first-order valence-corrected chi connectivity index (χ1v) is 14.3. The van der Waals surface area contributed by atoms with Crippen LogP contribution in [0.5, 0.6) is 0 Å². The number of ether oxygens (including phenoxy) is 2. The van der Waals surface area contributed by atoms with Gasteiger partial charge >= 0.3 is 12.1 Å². The zero-order chi connectivity index (χ0) is 27.4. The molecule has 0 aromatic rings. The summed E-state index contributed by atoms with van der Waals surface area (Å²) >= 11 is 1.53. The Morgan fingerprint density at radius 2 is 1.87 bits per heavy atom. The standard InChI is InChI=1S/C28H39N3O6S/c1-5-14-36-27(34)24-25(18(3)23-22(19(4)32)26(33)31(23)24)38-21-16-20(10-9-13-29-11-7-8-12-29)30(17-21)28(35)37-15-6-2/h5-6,9-10,18-23,32H,1-2,7-8,11-17H2,3-4H3/b10-9-/t18-,19-,20-,21+,22-,23-/m1/s1. The van der Waals surface area contributed by atoms with Crippen LogP contribution in [0.1, 0.15) is 33.1 Å². The van der Waals surface area contributed by atoms with E-state index in [9.17, 15) is 19.5 Å². The summed E-state index contributed by atoms with van der Waals surface area (Å²) in [7, 11) is 0.